The van der Waals surface area contributed by atoms with Gasteiger partial charge >= 0.3 is 6.18 Å². The SMILES string of the molecule is C[C@@H](NS(=O)(=O)c1c(Cl)c(C(=O)Cc2cc(F)c(F)c(F)c2)n2c1CCC2)C(F)(F)F. The first-order chi connectivity index (χ1) is 14.2. The number of hydrogen-bond donors (Lipinski definition) is 1. The lowest BCUT2D eigenvalue weighted by Crippen LogP contribution is -2.43. The van der Waals surface area contributed by atoms with Gasteiger partial charge in [0.15, 0.2) is 23.2 Å². The Morgan fingerprint density at radius 2 is 1.81 bits per heavy atom. The van der Waals surface area contributed by atoms with Gasteiger partial charge in [-0.1, -0.05) is 11.6 Å². The van der Waals surface area contributed by atoms with Crippen molar-refractivity contribution in [2.45, 2.75) is 49.8 Å². The third-order valence-electron chi connectivity index (χ3n) is 4.82. The summed E-state index contributed by atoms with van der Waals surface area (Å²) in [6, 6.07) is -1.18. The number of carbonyl (C=O) groups is 1. The number of nitrogens with zero attached hydrogens (tertiary/aromatic N) is 1. The van der Waals surface area contributed by atoms with Gasteiger partial charge in [-0.25, -0.2) is 21.6 Å². The summed E-state index contributed by atoms with van der Waals surface area (Å²) in [6.07, 6.45) is -4.94. The van der Waals surface area contributed by atoms with Crippen molar-refractivity contribution in [2.24, 2.45) is 0 Å². The Labute approximate surface area is 178 Å². The maximum Gasteiger partial charge on any atom is 0.404 e. The highest BCUT2D eigenvalue weighted by molar-refractivity contribution is 7.89. The third kappa shape index (κ3) is 4.46. The third-order valence-corrected chi connectivity index (χ3v) is 6.95. The van der Waals surface area contributed by atoms with Crippen LogP contribution in [0.5, 0.6) is 0 Å². The second-order valence-corrected chi connectivity index (χ2v) is 9.08. The summed E-state index contributed by atoms with van der Waals surface area (Å²) in [7, 11) is -4.75. The first-order valence-corrected chi connectivity index (χ1v) is 10.8. The summed E-state index contributed by atoms with van der Waals surface area (Å²) in [6.45, 7) is 0.790. The van der Waals surface area contributed by atoms with Crippen molar-refractivity contribution in [2.75, 3.05) is 0 Å². The van der Waals surface area contributed by atoms with Crippen LogP contribution in [-0.4, -0.2) is 31.0 Å². The van der Waals surface area contributed by atoms with Crippen LogP contribution in [0.3, 0.4) is 0 Å². The van der Waals surface area contributed by atoms with E-state index in [1.54, 1.807) is 0 Å². The number of nitrogens with one attached hydrogen (secondary N) is 1. The number of carbonyl (C=O) groups excluding carboxylic acids is 1. The summed E-state index contributed by atoms with van der Waals surface area (Å²) in [5, 5.41) is -0.579. The summed E-state index contributed by atoms with van der Waals surface area (Å²) < 4.78 is 107. The molecule has 2 heterocycles. The molecule has 0 saturated heterocycles. The zero-order chi connectivity index (χ0) is 23.3. The molecule has 31 heavy (non-hydrogen) atoms. The number of Topliss-reactive ketones (excluding diaryl/α,β-unsaturated/α-hetero) is 1. The van der Waals surface area contributed by atoms with Crippen LogP contribution < -0.4 is 4.72 Å². The van der Waals surface area contributed by atoms with Crippen molar-refractivity contribution in [3.63, 3.8) is 0 Å². The minimum absolute atomic E-state index is 0.0618. The quantitative estimate of drug-likeness (QED) is 0.377. The fraction of sp³-hybridized carbons (Fsp3) is 0.389. The maximum absolute atomic E-state index is 13.4. The highest BCUT2D eigenvalue weighted by Gasteiger charge is 2.42. The smallest absolute Gasteiger partial charge is 0.340 e. The van der Waals surface area contributed by atoms with Gasteiger partial charge in [0.25, 0.3) is 0 Å². The summed E-state index contributed by atoms with van der Waals surface area (Å²) in [5.74, 6) is -5.56. The van der Waals surface area contributed by atoms with Crippen molar-refractivity contribution < 1.29 is 39.6 Å². The number of halogens is 7. The lowest BCUT2D eigenvalue weighted by molar-refractivity contribution is -0.147. The molecular formula is C18H15ClF6N2O3S. The molecule has 13 heteroatoms. The molecule has 2 aromatic rings. The summed E-state index contributed by atoms with van der Waals surface area (Å²) >= 11 is 6.13. The molecule has 1 aromatic heterocycles. The molecule has 0 fully saturated rings. The molecule has 3 rings (SSSR count). The lowest BCUT2D eigenvalue weighted by Gasteiger charge is -2.17. The van der Waals surface area contributed by atoms with Gasteiger partial charge in [-0.3, -0.25) is 4.79 Å². The fourth-order valence-electron chi connectivity index (χ4n) is 3.39. The minimum Gasteiger partial charge on any atom is -0.340 e. The summed E-state index contributed by atoms with van der Waals surface area (Å²) in [4.78, 5) is 12.1. The van der Waals surface area contributed by atoms with Crippen LogP contribution >= 0.6 is 11.6 Å². The van der Waals surface area contributed by atoms with Crippen molar-refractivity contribution in [1.29, 1.82) is 0 Å². The van der Waals surface area contributed by atoms with Gasteiger partial charge in [0, 0.05) is 18.7 Å². The zero-order valence-corrected chi connectivity index (χ0v) is 17.4. The van der Waals surface area contributed by atoms with Gasteiger partial charge < -0.3 is 4.57 Å². The first-order valence-electron chi connectivity index (χ1n) is 8.90. The molecule has 0 spiro atoms. The number of fused-ring (bicyclic) bond motifs is 1. The molecule has 0 unspecified atom stereocenters. The Morgan fingerprint density at radius 3 is 2.35 bits per heavy atom. The van der Waals surface area contributed by atoms with E-state index < -0.39 is 61.8 Å². The fourth-order valence-corrected chi connectivity index (χ4v) is 5.59. The second-order valence-electron chi connectivity index (χ2n) is 7.05. The van der Waals surface area contributed by atoms with E-state index in [9.17, 15) is 39.6 Å². The molecule has 1 N–H and O–H groups in total. The van der Waals surface area contributed by atoms with Crippen LogP contribution in [0, 0.1) is 17.5 Å². The van der Waals surface area contributed by atoms with E-state index in [-0.39, 0.29) is 29.9 Å². The van der Waals surface area contributed by atoms with E-state index >= 15 is 0 Å². The topological polar surface area (TPSA) is 68.2 Å². The number of aromatic nitrogens is 1. The molecular weight excluding hydrogens is 474 g/mol. The van der Waals surface area contributed by atoms with Crippen molar-refractivity contribution >= 4 is 27.4 Å². The predicted molar refractivity (Wildman–Crippen MR) is 98.0 cm³/mol. The molecule has 0 bridgehead atoms. The molecule has 0 aliphatic carbocycles. The molecule has 0 saturated carbocycles. The van der Waals surface area contributed by atoms with Crippen LogP contribution in [0.2, 0.25) is 5.02 Å². The number of ketones is 1. The molecule has 0 amide bonds. The highest BCUT2D eigenvalue weighted by Crippen LogP contribution is 2.37. The average molecular weight is 489 g/mol. The van der Waals surface area contributed by atoms with Crippen LogP contribution in [-0.2, 0) is 29.4 Å². The molecule has 170 valence electrons. The van der Waals surface area contributed by atoms with E-state index in [0.29, 0.717) is 25.5 Å². The zero-order valence-electron chi connectivity index (χ0n) is 15.8. The van der Waals surface area contributed by atoms with Crippen LogP contribution in [0.4, 0.5) is 26.3 Å². The number of alkyl halides is 3. The normalized spacial score (nSPS) is 15.2. The molecule has 1 aromatic carbocycles. The maximum atomic E-state index is 13.4. The van der Waals surface area contributed by atoms with Gasteiger partial charge in [-0.2, -0.15) is 17.9 Å². The molecule has 0 radical (unpaired) electrons. The Balaban J connectivity index is 2.01. The van der Waals surface area contributed by atoms with E-state index in [4.69, 9.17) is 11.6 Å². The lowest BCUT2D eigenvalue weighted by atomic mass is 10.1. The van der Waals surface area contributed by atoms with E-state index in [1.807, 2.05) is 0 Å². The molecule has 1 aliphatic rings. The largest absolute Gasteiger partial charge is 0.404 e. The average Bonchev–Trinajstić information content (AvgIpc) is 3.17. The van der Waals surface area contributed by atoms with Gasteiger partial charge in [-0.05, 0) is 37.5 Å². The molecule has 1 aliphatic heterocycles. The van der Waals surface area contributed by atoms with Crippen LogP contribution in [0.15, 0.2) is 17.0 Å². The number of rotatable bonds is 6. The Morgan fingerprint density at radius 1 is 1.23 bits per heavy atom. The van der Waals surface area contributed by atoms with Crippen LogP contribution in [0.1, 0.15) is 35.1 Å². The first kappa shape index (κ1) is 23.6. The highest BCUT2D eigenvalue weighted by atomic mass is 35.5. The Hall–Kier alpha value is -2.05. The Kier molecular flexibility index (Phi) is 6.20. The Bertz CT molecular complexity index is 1140. The van der Waals surface area contributed by atoms with Crippen LogP contribution in [0.25, 0.3) is 0 Å². The number of hydrogen-bond acceptors (Lipinski definition) is 3. The van der Waals surface area contributed by atoms with E-state index in [0.717, 1.165) is 0 Å². The van der Waals surface area contributed by atoms with Crippen molar-refractivity contribution in [1.82, 2.24) is 9.29 Å². The van der Waals surface area contributed by atoms with Gasteiger partial charge in [0.2, 0.25) is 10.0 Å². The van der Waals surface area contributed by atoms with E-state index in [1.165, 1.54) is 9.29 Å². The van der Waals surface area contributed by atoms with Crippen molar-refractivity contribution in [3.8, 4) is 0 Å². The number of sulfonamides is 1. The van der Waals surface area contributed by atoms with Gasteiger partial charge in [0.1, 0.15) is 16.6 Å². The molecule has 5 nitrogen and oxygen atoms in total. The van der Waals surface area contributed by atoms with Gasteiger partial charge in [-0.15, -0.1) is 0 Å². The summed E-state index contributed by atoms with van der Waals surface area (Å²) in [5.41, 5.74) is -0.467. The van der Waals surface area contributed by atoms with Crippen molar-refractivity contribution in [3.05, 3.63) is 51.6 Å². The molecule has 1 atom stereocenters. The minimum atomic E-state index is -4.85. The number of benzene rings is 1. The monoisotopic (exact) mass is 488 g/mol. The van der Waals surface area contributed by atoms with E-state index in [2.05, 4.69) is 0 Å². The standard InChI is InChI=1S/C18H15ClF6N2O3S/c1-8(18(23,24)25)26-31(29,30)17-12-3-2-4-27(12)16(14(17)19)13(28)7-9-5-10(20)15(22)11(21)6-9/h5-6,8,26H,2-4,7H2,1H3/t8-/m1/s1. The second kappa shape index (κ2) is 8.14. The van der Waals surface area contributed by atoms with Gasteiger partial charge in [0.05, 0.1) is 5.02 Å². The predicted octanol–water partition coefficient (Wildman–Crippen LogP) is 4.16.